The second-order valence-electron chi connectivity index (χ2n) is 9.29. The van der Waals surface area contributed by atoms with Gasteiger partial charge in [0.05, 0.1) is 23.7 Å². The zero-order valence-electron chi connectivity index (χ0n) is 21.6. The summed E-state index contributed by atoms with van der Waals surface area (Å²) in [6.07, 6.45) is 2.15. The third-order valence-electron chi connectivity index (χ3n) is 6.46. The maximum absolute atomic E-state index is 13.1. The Morgan fingerprint density at radius 1 is 1.11 bits per heavy atom. The molecule has 2 heterocycles. The fourth-order valence-corrected chi connectivity index (χ4v) is 4.55. The predicted molar refractivity (Wildman–Crippen MR) is 141 cm³/mol. The van der Waals surface area contributed by atoms with Gasteiger partial charge in [0, 0.05) is 11.8 Å². The van der Waals surface area contributed by atoms with Crippen molar-refractivity contribution in [3.8, 4) is 0 Å². The van der Waals surface area contributed by atoms with Crippen LogP contribution in [0.25, 0.3) is 11.0 Å². The number of nitrogens with zero attached hydrogens (tertiary/aromatic N) is 1. The number of aliphatic hydroxyl groups is 1. The van der Waals surface area contributed by atoms with Gasteiger partial charge in [-0.3, -0.25) is 9.59 Å². The van der Waals surface area contributed by atoms with Crippen molar-refractivity contribution in [2.75, 3.05) is 0 Å². The fraction of sp³-hybridized carbons (Fsp3) is 0.300. The minimum Gasteiger partial charge on any atom is -0.458 e. The van der Waals surface area contributed by atoms with Crippen molar-refractivity contribution in [2.45, 2.75) is 59.1 Å². The van der Waals surface area contributed by atoms with Crippen LogP contribution < -0.4 is 5.32 Å². The van der Waals surface area contributed by atoms with E-state index in [1.807, 2.05) is 55.5 Å². The third kappa shape index (κ3) is 6.06. The Bertz CT molecular complexity index is 1410. The van der Waals surface area contributed by atoms with E-state index in [1.165, 1.54) is 0 Å². The number of carbonyl (C=O) groups excluding carboxylic acids is 2. The van der Waals surface area contributed by atoms with Crippen LogP contribution in [0, 0.1) is 13.8 Å². The lowest BCUT2D eigenvalue weighted by atomic mass is 9.95. The number of aromatic nitrogens is 1. The number of nitrogens with one attached hydrogen (secondary N) is 1. The van der Waals surface area contributed by atoms with E-state index in [4.69, 9.17) is 8.94 Å². The van der Waals surface area contributed by atoms with Gasteiger partial charge in [0.1, 0.15) is 29.0 Å². The summed E-state index contributed by atoms with van der Waals surface area (Å²) < 4.78 is 11.1. The van der Waals surface area contributed by atoms with Crippen molar-refractivity contribution >= 4 is 22.7 Å². The number of aliphatic hydroxyl groups excluding tert-OH is 1. The van der Waals surface area contributed by atoms with Crippen LogP contribution in [0.15, 0.2) is 75.2 Å². The van der Waals surface area contributed by atoms with Crippen LogP contribution >= 0.6 is 0 Å². The standard InChI is InChI=1S/C30H32N2O5/c1-5-22(13-11-18(2)33)29(23-9-7-6-8-10-23)31-27(34)16-21-12-14-25-24(15-21)17-26(36-25)30(35)28-19(3)32-37-20(28)4/h6-10,12-15,17,29-30,35H,5,11,16H2,1-4H3,(H,31,34)/b22-13+. The second kappa shape index (κ2) is 11.4. The van der Waals surface area contributed by atoms with Crippen LogP contribution in [0.2, 0.25) is 0 Å². The SMILES string of the molecule is CC/C(=C\CC(C)=O)C(NC(=O)Cc1ccc2oc(C(O)c3c(C)noc3C)cc2c1)c1ccccc1. The van der Waals surface area contributed by atoms with Crippen LogP contribution in [-0.2, 0) is 16.0 Å². The van der Waals surface area contributed by atoms with Crippen molar-refractivity contribution < 1.29 is 23.6 Å². The summed E-state index contributed by atoms with van der Waals surface area (Å²) in [5.41, 5.74) is 4.61. The molecule has 2 atom stereocenters. The summed E-state index contributed by atoms with van der Waals surface area (Å²) in [5.74, 6) is 0.879. The number of hydrogen-bond acceptors (Lipinski definition) is 6. The van der Waals surface area contributed by atoms with Crippen molar-refractivity contribution in [3.05, 3.63) is 100 Å². The molecule has 2 N–H and O–H groups in total. The van der Waals surface area contributed by atoms with Crippen LogP contribution in [0.1, 0.15) is 72.7 Å². The largest absolute Gasteiger partial charge is 0.458 e. The molecule has 0 spiro atoms. The molecular formula is C30H32N2O5. The Hall–Kier alpha value is -3.97. The summed E-state index contributed by atoms with van der Waals surface area (Å²) in [7, 11) is 0. The maximum atomic E-state index is 13.1. The molecule has 7 heteroatoms. The molecule has 7 nitrogen and oxygen atoms in total. The highest BCUT2D eigenvalue weighted by atomic mass is 16.5. The van der Waals surface area contributed by atoms with Gasteiger partial charge in [-0.15, -0.1) is 0 Å². The maximum Gasteiger partial charge on any atom is 0.225 e. The Kier molecular flexibility index (Phi) is 8.04. The van der Waals surface area contributed by atoms with E-state index >= 15 is 0 Å². The van der Waals surface area contributed by atoms with E-state index in [1.54, 1.807) is 32.9 Å². The van der Waals surface area contributed by atoms with Gasteiger partial charge >= 0.3 is 0 Å². The normalized spacial score (nSPS) is 13.5. The molecule has 0 fully saturated rings. The van der Waals surface area contributed by atoms with Gasteiger partial charge in [0.2, 0.25) is 5.91 Å². The van der Waals surface area contributed by atoms with Crippen LogP contribution in [0.5, 0.6) is 0 Å². The third-order valence-corrected chi connectivity index (χ3v) is 6.46. The lowest BCUT2D eigenvalue weighted by Crippen LogP contribution is -2.31. The minimum absolute atomic E-state index is 0.0799. The van der Waals surface area contributed by atoms with Gasteiger partial charge in [-0.1, -0.05) is 54.6 Å². The molecule has 0 aliphatic heterocycles. The van der Waals surface area contributed by atoms with Crippen LogP contribution in [0.4, 0.5) is 0 Å². The Morgan fingerprint density at radius 2 is 1.86 bits per heavy atom. The molecule has 1 amide bonds. The molecule has 0 aliphatic carbocycles. The van der Waals surface area contributed by atoms with Crippen LogP contribution in [-0.4, -0.2) is 22.0 Å². The van der Waals surface area contributed by atoms with Crippen molar-refractivity contribution in [3.63, 3.8) is 0 Å². The second-order valence-corrected chi connectivity index (χ2v) is 9.29. The molecule has 192 valence electrons. The number of rotatable bonds is 10. The van der Waals surface area contributed by atoms with Gasteiger partial charge in [-0.25, -0.2) is 0 Å². The minimum atomic E-state index is -0.994. The number of aryl methyl sites for hydroxylation is 2. The Morgan fingerprint density at radius 3 is 2.51 bits per heavy atom. The summed E-state index contributed by atoms with van der Waals surface area (Å²) in [5, 5.41) is 18.7. The lowest BCUT2D eigenvalue weighted by Gasteiger charge is -2.22. The van der Waals surface area contributed by atoms with Gasteiger partial charge in [-0.05, 0) is 62.1 Å². The fourth-order valence-electron chi connectivity index (χ4n) is 4.55. The molecule has 0 saturated heterocycles. The quantitative estimate of drug-likeness (QED) is 0.265. The Labute approximate surface area is 216 Å². The molecule has 0 aliphatic rings. The molecule has 0 bridgehead atoms. The smallest absolute Gasteiger partial charge is 0.225 e. The number of benzene rings is 2. The molecule has 4 rings (SSSR count). The van der Waals surface area contributed by atoms with E-state index in [-0.39, 0.29) is 24.2 Å². The summed E-state index contributed by atoms with van der Waals surface area (Å²) in [6, 6.07) is 16.8. The highest BCUT2D eigenvalue weighted by Crippen LogP contribution is 2.32. The first kappa shape index (κ1) is 26.1. The van der Waals surface area contributed by atoms with E-state index in [0.717, 1.165) is 22.1 Å². The monoisotopic (exact) mass is 500 g/mol. The number of ketones is 1. The number of carbonyl (C=O) groups is 2. The molecule has 2 aromatic heterocycles. The molecular weight excluding hydrogens is 468 g/mol. The lowest BCUT2D eigenvalue weighted by molar-refractivity contribution is -0.121. The summed E-state index contributed by atoms with van der Waals surface area (Å²) >= 11 is 0. The van der Waals surface area contributed by atoms with E-state index < -0.39 is 6.10 Å². The number of amides is 1. The zero-order valence-corrected chi connectivity index (χ0v) is 21.6. The van der Waals surface area contributed by atoms with Gasteiger partial charge in [0.25, 0.3) is 0 Å². The van der Waals surface area contributed by atoms with Gasteiger partial charge < -0.3 is 19.4 Å². The number of Topliss-reactive ketones (excluding diaryl/α,β-unsaturated/α-hetero) is 1. The number of hydrogen-bond donors (Lipinski definition) is 2. The molecule has 0 saturated carbocycles. The van der Waals surface area contributed by atoms with E-state index in [2.05, 4.69) is 10.5 Å². The average Bonchev–Trinajstić information content (AvgIpc) is 3.45. The average molecular weight is 501 g/mol. The molecule has 2 aromatic carbocycles. The van der Waals surface area contributed by atoms with Crippen molar-refractivity contribution in [1.29, 1.82) is 0 Å². The Balaban J connectivity index is 1.54. The van der Waals surface area contributed by atoms with Crippen molar-refractivity contribution in [1.82, 2.24) is 10.5 Å². The summed E-state index contributed by atoms with van der Waals surface area (Å²) in [4.78, 5) is 24.7. The topological polar surface area (TPSA) is 106 Å². The molecule has 2 unspecified atom stereocenters. The molecule has 0 radical (unpaired) electrons. The first-order valence-corrected chi connectivity index (χ1v) is 12.4. The number of allylic oxidation sites excluding steroid dienone is 1. The first-order valence-electron chi connectivity index (χ1n) is 12.4. The van der Waals surface area contributed by atoms with E-state index in [9.17, 15) is 14.7 Å². The highest BCUT2D eigenvalue weighted by Gasteiger charge is 2.24. The van der Waals surface area contributed by atoms with Crippen molar-refractivity contribution in [2.24, 2.45) is 0 Å². The van der Waals surface area contributed by atoms with E-state index in [0.29, 0.717) is 41.2 Å². The first-order chi connectivity index (χ1) is 17.8. The van der Waals surface area contributed by atoms with Gasteiger partial charge in [0.15, 0.2) is 0 Å². The van der Waals surface area contributed by atoms with Gasteiger partial charge in [-0.2, -0.15) is 0 Å². The summed E-state index contributed by atoms with van der Waals surface area (Å²) in [6.45, 7) is 7.11. The van der Waals surface area contributed by atoms with Crippen LogP contribution in [0.3, 0.4) is 0 Å². The zero-order chi connectivity index (χ0) is 26.5. The number of furan rings is 1. The predicted octanol–water partition coefficient (Wildman–Crippen LogP) is 5.83. The number of fused-ring (bicyclic) bond motifs is 1. The highest BCUT2D eigenvalue weighted by molar-refractivity contribution is 5.83. The molecule has 4 aromatic rings. The molecule has 37 heavy (non-hydrogen) atoms.